The van der Waals surface area contributed by atoms with Crippen molar-refractivity contribution in [2.75, 3.05) is 0 Å². The molecule has 1 aliphatic carbocycles. The highest BCUT2D eigenvalue weighted by atomic mass is 19.4. The van der Waals surface area contributed by atoms with E-state index >= 15 is 0 Å². The summed E-state index contributed by atoms with van der Waals surface area (Å²) < 4.78 is 52.8. The van der Waals surface area contributed by atoms with Crippen molar-refractivity contribution in [3.8, 4) is 5.69 Å². The van der Waals surface area contributed by atoms with Crippen molar-refractivity contribution in [2.24, 2.45) is 0 Å². The molecule has 1 fully saturated rings. The second-order valence-electron chi connectivity index (χ2n) is 5.07. The number of benzene rings is 1. The number of hydrogen-bond donors (Lipinski definition) is 1. The predicted molar refractivity (Wildman–Crippen MR) is 68.4 cm³/mol. The van der Waals surface area contributed by atoms with Crippen LogP contribution >= 0.6 is 0 Å². The maximum absolute atomic E-state index is 14.0. The number of rotatable bonds is 4. The average Bonchev–Trinajstić information content (AvgIpc) is 3.10. The zero-order valence-corrected chi connectivity index (χ0v) is 11.0. The van der Waals surface area contributed by atoms with Gasteiger partial charge in [0.15, 0.2) is 0 Å². The molecule has 112 valence electrons. The molecule has 0 atom stereocenters. The number of para-hydroxylation sites is 1. The number of nitrogens with one attached hydrogen (secondary N) is 1. The molecule has 21 heavy (non-hydrogen) atoms. The molecule has 2 aromatic rings. The van der Waals surface area contributed by atoms with Gasteiger partial charge in [0.2, 0.25) is 0 Å². The highest BCUT2D eigenvalue weighted by molar-refractivity contribution is 5.42. The minimum absolute atomic E-state index is 0.0566. The minimum atomic E-state index is -4.49. The van der Waals surface area contributed by atoms with Crippen molar-refractivity contribution in [3.63, 3.8) is 0 Å². The van der Waals surface area contributed by atoms with E-state index in [0.717, 1.165) is 23.7 Å². The molecule has 1 N–H and O–H groups in total. The van der Waals surface area contributed by atoms with E-state index in [1.165, 1.54) is 12.1 Å². The van der Waals surface area contributed by atoms with Gasteiger partial charge >= 0.3 is 6.18 Å². The Bertz CT molecular complexity index is 644. The molecular weight excluding hydrogens is 286 g/mol. The van der Waals surface area contributed by atoms with Crippen LogP contribution in [0.3, 0.4) is 0 Å². The van der Waals surface area contributed by atoms with Crippen LogP contribution in [-0.4, -0.2) is 15.8 Å². The van der Waals surface area contributed by atoms with Crippen molar-refractivity contribution in [2.45, 2.75) is 31.6 Å². The van der Waals surface area contributed by atoms with Crippen LogP contribution in [0.2, 0.25) is 0 Å². The summed E-state index contributed by atoms with van der Waals surface area (Å²) in [6.07, 6.45) is -0.839. The van der Waals surface area contributed by atoms with Crippen LogP contribution in [0.1, 0.15) is 24.0 Å². The Morgan fingerprint density at radius 2 is 2.05 bits per heavy atom. The average molecular weight is 299 g/mol. The van der Waals surface area contributed by atoms with Crippen molar-refractivity contribution < 1.29 is 17.6 Å². The summed E-state index contributed by atoms with van der Waals surface area (Å²) >= 11 is 0. The standard InChI is InChI=1S/C14H13F4N3/c15-12-3-1-2-9(6-19-11-4-5-11)13(12)21-8-10(7-20-21)14(16,17)18/h1-3,7-8,11,19H,4-6H2. The fourth-order valence-corrected chi connectivity index (χ4v) is 2.09. The molecular formula is C14H13F4N3. The lowest BCUT2D eigenvalue weighted by atomic mass is 10.1. The lowest BCUT2D eigenvalue weighted by Crippen LogP contribution is -2.17. The molecule has 1 aromatic heterocycles. The number of nitrogens with zero attached hydrogens (tertiary/aromatic N) is 2. The van der Waals surface area contributed by atoms with Crippen LogP contribution in [0.15, 0.2) is 30.6 Å². The van der Waals surface area contributed by atoms with E-state index in [2.05, 4.69) is 10.4 Å². The topological polar surface area (TPSA) is 29.9 Å². The Balaban J connectivity index is 1.94. The molecule has 0 unspecified atom stereocenters. The van der Waals surface area contributed by atoms with Crippen molar-refractivity contribution in [1.82, 2.24) is 15.1 Å². The second-order valence-corrected chi connectivity index (χ2v) is 5.07. The lowest BCUT2D eigenvalue weighted by molar-refractivity contribution is -0.137. The van der Waals surface area contributed by atoms with Gasteiger partial charge in [0.05, 0.1) is 11.8 Å². The van der Waals surface area contributed by atoms with Gasteiger partial charge in [-0.25, -0.2) is 9.07 Å². The Kier molecular flexibility index (Phi) is 3.44. The summed E-state index contributed by atoms with van der Waals surface area (Å²) in [5.41, 5.74) is -0.258. The summed E-state index contributed by atoms with van der Waals surface area (Å²) in [5, 5.41) is 6.86. The van der Waals surface area contributed by atoms with Gasteiger partial charge in [-0.05, 0) is 24.5 Å². The monoisotopic (exact) mass is 299 g/mol. The SMILES string of the molecule is Fc1cccc(CNC2CC2)c1-n1cc(C(F)(F)F)cn1. The van der Waals surface area contributed by atoms with Crippen LogP contribution in [0.25, 0.3) is 5.69 Å². The third-order valence-electron chi connectivity index (χ3n) is 3.37. The van der Waals surface area contributed by atoms with E-state index < -0.39 is 17.6 Å². The highest BCUT2D eigenvalue weighted by Crippen LogP contribution is 2.30. The zero-order valence-electron chi connectivity index (χ0n) is 11.0. The van der Waals surface area contributed by atoms with Gasteiger partial charge in [-0.15, -0.1) is 0 Å². The van der Waals surface area contributed by atoms with E-state index in [0.29, 0.717) is 24.3 Å². The first-order valence-electron chi connectivity index (χ1n) is 6.58. The maximum Gasteiger partial charge on any atom is 0.419 e. The van der Waals surface area contributed by atoms with Crippen LogP contribution < -0.4 is 5.32 Å². The van der Waals surface area contributed by atoms with Gasteiger partial charge in [-0.1, -0.05) is 12.1 Å². The molecule has 0 amide bonds. The van der Waals surface area contributed by atoms with Crippen LogP contribution in [0.5, 0.6) is 0 Å². The lowest BCUT2D eigenvalue weighted by Gasteiger charge is -2.11. The van der Waals surface area contributed by atoms with Gasteiger partial charge < -0.3 is 5.32 Å². The van der Waals surface area contributed by atoms with Gasteiger partial charge in [0, 0.05) is 18.8 Å². The molecule has 0 saturated heterocycles. The first kappa shape index (κ1) is 14.1. The summed E-state index contributed by atoms with van der Waals surface area (Å²) in [6, 6.07) is 4.86. The Labute approximate surface area is 118 Å². The van der Waals surface area contributed by atoms with Gasteiger partial charge in [-0.2, -0.15) is 18.3 Å². The van der Waals surface area contributed by atoms with E-state index in [1.54, 1.807) is 6.07 Å². The number of aromatic nitrogens is 2. The third kappa shape index (κ3) is 3.07. The molecule has 3 rings (SSSR count). The molecule has 1 aromatic carbocycles. The number of alkyl halides is 3. The third-order valence-corrected chi connectivity index (χ3v) is 3.37. The van der Waals surface area contributed by atoms with Crippen LogP contribution in [0.4, 0.5) is 17.6 Å². The predicted octanol–water partition coefficient (Wildman–Crippen LogP) is 3.28. The summed E-state index contributed by atoms with van der Waals surface area (Å²) in [7, 11) is 0. The zero-order chi connectivity index (χ0) is 15.0. The molecule has 0 radical (unpaired) electrons. The smallest absolute Gasteiger partial charge is 0.310 e. The van der Waals surface area contributed by atoms with E-state index in [9.17, 15) is 17.6 Å². The molecule has 1 saturated carbocycles. The largest absolute Gasteiger partial charge is 0.419 e. The number of hydrogen-bond acceptors (Lipinski definition) is 2. The molecule has 0 bridgehead atoms. The fourth-order valence-electron chi connectivity index (χ4n) is 2.09. The molecule has 0 aliphatic heterocycles. The second kappa shape index (κ2) is 5.14. The number of halogens is 4. The summed E-state index contributed by atoms with van der Waals surface area (Å²) in [4.78, 5) is 0. The Hall–Kier alpha value is -1.89. The Morgan fingerprint density at radius 3 is 2.67 bits per heavy atom. The van der Waals surface area contributed by atoms with Gasteiger partial charge in [0.25, 0.3) is 0 Å². The quantitative estimate of drug-likeness (QED) is 0.878. The summed E-state index contributed by atoms with van der Waals surface area (Å²) in [5.74, 6) is -0.595. The molecule has 7 heteroatoms. The van der Waals surface area contributed by atoms with Gasteiger partial charge in [-0.3, -0.25) is 0 Å². The normalized spacial score (nSPS) is 15.4. The van der Waals surface area contributed by atoms with Crippen LogP contribution in [-0.2, 0) is 12.7 Å². The summed E-state index contributed by atoms with van der Waals surface area (Å²) in [6.45, 7) is 0.402. The molecule has 3 nitrogen and oxygen atoms in total. The first-order chi connectivity index (χ1) is 9.95. The first-order valence-corrected chi connectivity index (χ1v) is 6.58. The van der Waals surface area contributed by atoms with E-state index in [4.69, 9.17) is 0 Å². The highest BCUT2D eigenvalue weighted by Gasteiger charge is 2.32. The van der Waals surface area contributed by atoms with Crippen LogP contribution in [0, 0.1) is 5.82 Å². The fraction of sp³-hybridized carbons (Fsp3) is 0.357. The van der Waals surface area contributed by atoms with E-state index in [1.807, 2.05) is 0 Å². The molecule has 1 heterocycles. The molecule has 0 spiro atoms. The van der Waals surface area contributed by atoms with Crippen molar-refractivity contribution >= 4 is 0 Å². The van der Waals surface area contributed by atoms with Crippen molar-refractivity contribution in [1.29, 1.82) is 0 Å². The van der Waals surface area contributed by atoms with E-state index in [-0.39, 0.29) is 5.69 Å². The van der Waals surface area contributed by atoms with Gasteiger partial charge in [0.1, 0.15) is 11.5 Å². The van der Waals surface area contributed by atoms with Crippen molar-refractivity contribution in [3.05, 3.63) is 47.5 Å². The molecule has 1 aliphatic rings. The minimum Gasteiger partial charge on any atom is -0.310 e. The maximum atomic E-state index is 14.0. The Morgan fingerprint density at radius 1 is 1.29 bits per heavy atom.